The second kappa shape index (κ2) is 7.21. The van der Waals surface area contributed by atoms with E-state index in [0.717, 1.165) is 22.2 Å². The number of methoxy groups -OCH3 is 1. The normalized spacial score (nSPS) is 12.2. The Balaban J connectivity index is 1.61. The summed E-state index contributed by atoms with van der Waals surface area (Å²) in [6, 6.07) is 14.6. The summed E-state index contributed by atoms with van der Waals surface area (Å²) in [6.07, 6.45) is 1.71. The first-order valence-electron chi connectivity index (χ1n) is 9.68. The van der Waals surface area contributed by atoms with Gasteiger partial charge in [0.2, 0.25) is 0 Å². The number of hydrogen-bond acceptors (Lipinski definition) is 6. The van der Waals surface area contributed by atoms with Gasteiger partial charge in [0.15, 0.2) is 4.96 Å². The number of benzene rings is 2. The smallest absolute Gasteiger partial charge is 0.338 e. The molecule has 0 aliphatic heterocycles. The predicted octanol–water partition coefficient (Wildman–Crippen LogP) is 4.12. The molecule has 7 heteroatoms. The van der Waals surface area contributed by atoms with Gasteiger partial charge < -0.3 is 9.15 Å². The molecule has 6 nitrogen and oxygen atoms in total. The van der Waals surface area contributed by atoms with Crippen LogP contribution in [0.4, 0.5) is 0 Å². The Labute approximate surface area is 181 Å². The molecule has 0 unspecified atom stereocenters. The number of nitrogens with zero attached hydrogens (tertiary/aromatic N) is 2. The van der Waals surface area contributed by atoms with Crippen molar-refractivity contribution in [2.45, 2.75) is 13.8 Å². The van der Waals surface area contributed by atoms with E-state index in [2.05, 4.69) is 4.98 Å². The van der Waals surface area contributed by atoms with Crippen LogP contribution in [-0.4, -0.2) is 22.5 Å². The van der Waals surface area contributed by atoms with Crippen LogP contribution in [0.15, 0.2) is 57.7 Å². The van der Waals surface area contributed by atoms with Crippen LogP contribution >= 0.6 is 11.3 Å². The van der Waals surface area contributed by atoms with Crippen LogP contribution < -0.4 is 10.1 Å². The van der Waals surface area contributed by atoms with E-state index in [9.17, 15) is 9.59 Å². The summed E-state index contributed by atoms with van der Waals surface area (Å²) < 4.78 is 13.0. The summed E-state index contributed by atoms with van der Waals surface area (Å²) in [7, 11) is 1.34. The highest BCUT2D eigenvalue weighted by Crippen LogP contribution is 2.27. The molecule has 3 aromatic heterocycles. The zero-order valence-electron chi connectivity index (χ0n) is 17.1. The summed E-state index contributed by atoms with van der Waals surface area (Å²) in [5.41, 5.74) is 4.82. The summed E-state index contributed by atoms with van der Waals surface area (Å²) >= 11 is 1.32. The van der Waals surface area contributed by atoms with Gasteiger partial charge in [-0.05, 0) is 55.3 Å². The molecule has 5 aromatic rings. The predicted molar refractivity (Wildman–Crippen MR) is 121 cm³/mol. The summed E-state index contributed by atoms with van der Waals surface area (Å²) in [5, 5.41) is 0. The van der Waals surface area contributed by atoms with Crippen molar-refractivity contribution in [3.05, 3.63) is 85.9 Å². The van der Waals surface area contributed by atoms with Crippen LogP contribution in [0.25, 0.3) is 33.4 Å². The fourth-order valence-corrected chi connectivity index (χ4v) is 4.58. The number of fused-ring (bicyclic) bond motifs is 3. The molecular weight excluding hydrogens is 412 g/mol. The molecule has 0 aliphatic rings. The van der Waals surface area contributed by atoms with Crippen molar-refractivity contribution < 1.29 is 13.9 Å². The van der Waals surface area contributed by atoms with Gasteiger partial charge in [-0.25, -0.2) is 14.2 Å². The summed E-state index contributed by atoms with van der Waals surface area (Å²) in [4.78, 5) is 30.4. The Bertz CT molecular complexity index is 1590. The first kappa shape index (κ1) is 19.3. The molecule has 3 heterocycles. The van der Waals surface area contributed by atoms with E-state index >= 15 is 0 Å². The maximum Gasteiger partial charge on any atom is 0.338 e. The van der Waals surface area contributed by atoms with E-state index in [-0.39, 0.29) is 5.56 Å². The maximum atomic E-state index is 13.1. The van der Waals surface area contributed by atoms with Gasteiger partial charge in [-0.15, -0.1) is 0 Å². The van der Waals surface area contributed by atoms with Crippen molar-refractivity contribution in [3.63, 3.8) is 0 Å². The van der Waals surface area contributed by atoms with Gasteiger partial charge in [-0.1, -0.05) is 29.5 Å². The SMILES string of the molecule is COC(=O)c1ccccc1-c1ccc(/C=c2\sc3nc4cc(C)c(C)cc4n3c2=O)o1. The molecule has 0 N–H and O–H groups in total. The first-order valence-corrected chi connectivity index (χ1v) is 10.5. The molecule has 0 fully saturated rings. The molecule has 0 atom stereocenters. The first-order chi connectivity index (χ1) is 15.0. The number of thiazole rings is 1. The number of hydrogen-bond donors (Lipinski definition) is 0. The second-order valence-electron chi connectivity index (χ2n) is 7.31. The highest BCUT2D eigenvalue weighted by atomic mass is 32.1. The number of imidazole rings is 1. The number of carbonyl (C=O) groups excluding carboxylic acids is 1. The van der Waals surface area contributed by atoms with Crippen molar-refractivity contribution in [1.82, 2.24) is 9.38 Å². The van der Waals surface area contributed by atoms with Crippen molar-refractivity contribution in [2.75, 3.05) is 7.11 Å². The molecule has 0 spiro atoms. The van der Waals surface area contributed by atoms with Crippen molar-refractivity contribution in [2.24, 2.45) is 0 Å². The monoisotopic (exact) mass is 430 g/mol. The largest absolute Gasteiger partial charge is 0.465 e. The van der Waals surface area contributed by atoms with E-state index in [1.807, 2.05) is 32.0 Å². The highest BCUT2D eigenvalue weighted by molar-refractivity contribution is 7.15. The van der Waals surface area contributed by atoms with Crippen LogP contribution in [0.3, 0.4) is 0 Å². The van der Waals surface area contributed by atoms with Gasteiger partial charge in [0.25, 0.3) is 5.56 Å². The summed E-state index contributed by atoms with van der Waals surface area (Å²) in [6.45, 7) is 4.06. The molecule has 0 aliphatic carbocycles. The van der Waals surface area contributed by atoms with Crippen molar-refractivity contribution >= 4 is 39.4 Å². The number of furan rings is 1. The topological polar surface area (TPSA) is 73.8 Å². The molecule has 154 valence electrons. The third-order valence-corrected chi connectivity index (χ3v) is 6.32. The Hall–Kier alpha value is -3.71. The zero-order valence-corrected chi connectivity index (χ0v) is 17.9. The Morgan fingerprint density at radius 1 is 1.13 bits per heavy atom. The van der Waals surface area contributed by atoms with Gasteiger partial charge in [-0.2, -0.15) is 0 Å². The quantitative estimate of drug-likeness (QED) is 0.403. The average Bonchev–Trinajstić information content (AvgIpc) is 3.44. The van der Waals surface area contributed by atoms with Crippen LogP contribution in [-0.2, 0) is 4.74 Å². The minimum absolute atomic E-state index is 0.126. The van der Waals surface area contributed by atoms with E-state index in [1.54, 1.807) is 40.8 Å². The van der Waals surface area contributed by atoms with Gasteiger partial charge in [-0.3, -0.25) is 4.79 Å². The molecule has 0 radical (unpaired) electrons. The van der Waals surface area contributed by atoms with Crippen LogP contribution in [0.1, 0.15) is 27.2 Å². The molecule has 31 heavy (non-hydrogen) atoms. The number of aryl methyl sites for hydroxylation is 2. The van der Waals surface area contributed by atoms with Gasteiger partial charge in [0, 0.05) is 11.6 Å². The van der Waals surface area contributed by atoms with Crippen LogP contribution in [0.2, 0.25) is 0 Å². The Morgan fingerprint density at radius 3 is 2.71 bits per heavy atom. The molecule has 2 aromatic carbocycles. The number of rotatable bonds is 3. The van der Waals surface area contributed by atoms with E-state index < -0.39 is 5.97 Å². The minimum atomic E-state index is -0.434. The lowest BCUT2D eigenvalue weighted by Crippen LogP contribution is -2.22. The second-order valence-corrected chi connectivity index (χ2v) is 8.32. The Kier molecular flexibility index (Phi) is 4.48. The van der Waals surface area contributed by atoms with Crippen molar-refractivity contribution in [1.29, 1.82) is 0 Å². The lowest BCUT2D eigenvalue weighted by molar-refractivity contribution is 0.0601. The van der Waals surface area contributed by atoms with Gasteiger partial charge >= 0.3 is 5.97 Å². The number of carbonyl (C=O) groups is 1. The van der Waals surface area contributed by atoms with Gasteiger partial charge in [0.1, 0.15) is 16.1 Å². The molecule has 0 amide bonds. The van der Waals surface area contributed by atoms with Crippen molar-refractivity contribution in [3.8, 4) is 11.3 Å². The van der Waals surface area contributed by atoms with Crippen LogP contribution in [0.5, 0.6) is 0 Å². The number of aromatic nitrogens is 2. The zero-order chi connectivity index (χ0) is 21.7. The average molecular weight is 430 g/mol. The maximum absolute atomic E-state index is 13.1. The highest BCUT2D eigenvalue weighted by Gasteiger charge is 2.16. The fourth-order valence-electron chi connectivity index (χ4n) is 3.61. The third-order valence-electron chi connectivity index (χ3n) is 5.35. The van der Waals surface area contributed by atoms with E-state index in [4.69, 9.17) is 9.15 Å². The Morgan fingerprint density at radius 2 is 1.90 bits per heavy atom. The van der Waals surface area contributed by atoms with Crippen LogP contribution in [0, 0.1) is 13.8 Å². The molecule has 0 bridgehead atoms. The standard InChI is InChI=1S/C24H18N2O4S/c1-13-10-18-19(11-14(13)2)26-22(27)21(31-24(26)25-18)12-15-8-9-20(30-15)16-6-4-5-7-17(16)23(28)29-3/h4-12H,1-3H3/b21-12-. The van der Waals surface area contributed by atoms with E-state index in [1.165, 1.54) is 18.4 Å². The van der Waals surface area contributed by atoms with E-state index in [0.29, 0.717) is 32.1 Å². The minimum Gasteiger partial charge on any atom is -0.465 e. The fraction of sp³-hybridized carbons (Fsp3) is 0.125. The molecule has 0 saturated heterocycles. The number of esters is 1. The lowest BCUT2D eigenvalue weighted by Gasteiger charge is -2.04. The lowest BCUT2D eigenvalue weighted by atomic mass is 10.1. The number of ether oxygens (including phenoxy) is 1. The molecule has 0 saturated carbocycles. The molecule has 5 rings (SSSR count). The summed E-state index contributed by atoms with van der Waals surface area (Å²) in [5.74, 6) is 0.612. The van der Waals surface area contributed by atoms with Gasteiger partial charge in [0.05, 0.1) is 23.7 Å². The third kappa shape index (κ3) is 3.14. The molecular formula is C24H18N2O4S.